The molecular weight excluding hydrogens is 354 g/mol. The lowest BCUT2D eigenvalue weighted by Crippen LogP contribution is -2.31. The third kappa shape index (κ3) is 4.46. The number of nitrogens with zero attached hydrogens (tertiary/aromatic N) is 2. The van der Waals surface area contributed by atoms with Gasteiger partial charge in [-0.2, -0.15) is 5.10 Å². The molecule has 3 rings (SSSR count). The van der Waals surface area contributed by atoms with Gasteiger partial charge in [-0.25, -0.2) is 4.68 Å². The fraction of sp³-hybridized carbons (Fsp3) is 0.227. The number of amides is 1. The Labute approximate surface area is 163 Å². The van der Waals surface area contributed by atoms with E-state index in [1.165, 1.54) is 16.8 Å². The third-order valence-electron chi connectivity index (χ3n) is 4.47. The Morgan fingerprint density at radius 2 is 1.89 bits per heavy atom. The van der Waals surface area contributed by atoms with Gasteiger partial charge < -0.3 is 10.1 Å². The van der Waals surface area contributed by atoms with Crippen molar-refractivity contribution in [2.24, 2.45) is 0 Å². The van der Waals surface area contributed by atoms with E-state index in [-0.39, 0.29) is 23.2 Å². The molecule has 1 aromatic heterocycles. The second-order valence-corrected chi connectivity index (χ2v) is 6.64. The zero-order valence-electron chi connectivity index (χ0n) is 16.2. The van der Waals surface area contributed by atoms with Gasteiger partial charge in [0.15, 0.2) is 0 Å². The summed E-state index contributed by atoms with van der Waals surface area (Å²) in [6, 6.07) is 17.9. The van der Waals surface area contributed by atoms with Crippen LogP contribution in [0, 0.1) is 6.92 Å². The Kier molecular flexibility index (Phi) is 5.89. The molecule has 3 aromatic rings. The fourth-order valence-corrected chi connectivity index (χ4v) is 2.98. The molecule has 1 amide bonds. The first-order valence-corrected chi connectivity index (χ1v) is 9.05. The number of benzene rings is 2. The fourth-order valence-electron chi connectivity index (χ4n) is 2.98. The maximum atomic E-state index is 12.7. The molecule has 0 fully saturated rings. The van der Waals surface area contributed by atoms with Crippen LogP contribution in [0.2, 0.25) is 0 Å². The minimum Gasteiger partial charge on any atom is -0.496 e. The largest absolute Gasteiger partial charge is 0.496 e. The van der Waals surface area contributed by atoms with Gasteiger partial charge in [-0.1, -0.05) is 48.0 Å². The van der Waals surface area contributed by atoms with E-state index in [2.05, 4.69) is 10.4 Å². The number of aromatic nitrogens is 2. The third-order valence-corrected chi connectivity index (χ3v) is 4.47. The van der Waals surface area contributed by atoms with Gasteiger partial charge in [0.25, 0.3) is 11.5 Å². The molecule has 1 N–H and O–H groups in total. The molecule has 0 radical (unpaired) electrons. The van der Waals surface area contributed by atoms with Crippen LogP contribution in [0.25, 0.3) is 0 Å². The normalized spacial score (nSPS) is 11.7. The van der Waals surface area contributed by atoms with Crippen LogP contribution in [0.4, 0.5) is 0 Å². The van der Waals surface area contributed by atoms with Gasteiger partial charge in [0.05, 0.1) is 19.7 Å². The quantitative estimate of drug-likeness (QED) is 0.716. The molecule has 0 unspecified atom stereocenters. The van der Waals surface area contributed by atoms with Gasteiger partial charge in [-0.3, -0.25) is 9.59 Å². The van der Waals surface area contributed by atoms with Crippen LogP contribution >= 0.6 is 0 Å². The van der Waals surface area contributed by atoms with E-state index >= 15 is 0 Å². The Morgan fingerprint density at radius 3 is 2.61 bits per heavy atom. The van der Waals surface area contributed by atoms with Gasteiger partial charge in [-0.05, 0) is 31.5 Å². The number of hydrogen-bond acceptors (Lipinski definition) is 4. The average molecular weight is 377 g/mol. The molecule has 1 atom stereocenters. The predicted octanol–water partition coefficient (Wildman–Crippen LogP) is 3.10. The van der Waals surface area contributed by atoms with E-state index in [0.717, 1.165) is 16.7 Å². The molecular formula is C22H23N3O3. The molecule has 0 aliphatic heterocycles. The first kappa shape index (κ1) is 19.4. The van der Waals surface area contributed by atoms with Gasteiger partial charge in [0, 0.05) is 11.6 Å². The lowest BCUT2D eigenvalue weighted by Gasteiger charge is -2.18. The van der Waals surface area contributed by atoms with Crippen LogP contribution in [0.3, 0.4) is 0 Å². The minimum absolute atomic E-state index is 0.189. The van der Waals surface area contributed by atoms with Crippen molar-refractivity contribution < 1.29 is 9.53 Å². The molecule has 2 aromatic carbocycles. The van der Waals surface area contributed by atoms with E-state index in [0.29, 0.717) is 12.3 Å². The van der Waals surface area contributed by atoms with E-state index in [9.17, 15) is 9.59 Å². The molecule has 0 bridgehead atoms. The van der Waals surface area contributed by atoms with Crippen LogP contribution in [-0.2, 0) is 6.54 Å². The number of nitrogens with one attached hydrogen (secondary N) is 1. The summed E-state index contributed by atoms with van der Waals surface area (Å²) < 4.78 is 6.69. The molecule has 28 heavy (non-hydrogen) atoms. The van der Waals surface area contributed by atoms with Crippen molar-refractivity contribution in [1.29, 1.82) is 0 Å². The van der Waals surface area contributed by atoms with Crippen molar-refractivity contribution >= 4 is 5.91 Å². The lowest BCUT2D eigenvalue weighted by atomic mass is 10.0. The number of methoxy groups -OCH3 is 1. The SMILES string of the molecule is COc1ccc(C)cc1[C@H](C)NC(=O)c1ccc(=O)n(Cc2ccccc2)n1. The highest BCUT2D eigenvalue weighted by Gasteiger charge is 2.17. The van der Waals surface area contributed by atoms with Crippen LogP contribution in [0.15, 0.2) is 65.5 Å². The minimum atomic E-state index is -0.349. The first-order chi connectivity index (χ1) is 13.5. The molecule has 0 saturated heterocycles. The van der Waals surface area contributed by atoms with Crippen molar-refractivity contribution in [3.8, 4) is 5.75 Å². The van der Waals surface area contributed by atoms with Crippen molar-refractivity contribution in [2.75, 3.05) is 7.11 Å². The average Bonchev–Trinajstić information content (AvgIpc) is 2.70. The highest BCUT2D eigenvalue weighted by Crippen LogP contribution is 2.26. The lowest BCUT2D eigenvalue weighted by molar-refractivity contribution is 0.0932. The predicted molar refractivity (Wildman–Crippen MR) is 108 cm³/mol. The van der Waals surface area contributed by atoms with Gasteiger partial charge in [0.2, 0.25) is 0 Å². The molecule has 1 heterocycles. The Hall–Kier alpha value is -3.41. The first-order valence-electron chi connectivity index (χ1n) is 9.05. The summed E-state index contributed by atoms with van der Waals surface area (Å²) in [4.78, 5) is 24.8. The summed E-state index contributed by atoms with van der Waals surface area (Å²) >= 11 is 0. The van der Waals surface area contributed by atoms with Gasteiger partial charge >= 0.3 is 0 Å². The topological polar surface area (TPSA) is 73.2 Å². The molecule has 6 heteroatoms. The van der Waals surface area contributed by atoms with E-state index < -0.39 is 0 Å². The van der Waals surface area contributed by atoms with Crippen LogP contribution in [0.5, 0.6) is 5.75 Å². The Morgan fingerprint density at radius 1 is 1.14 bits per heavy atom. The molecule has 0 aliphatic carbocycles. The molecule has 0 aliphatic rings. The zero-order valence-corrected chi connectivity index (χ0v) is 16.2. The number of rotatable bonds is 6. The molecule has 0 saturated carbocycles. The molecule has 6 nitrogen and oxygen atoms in total. The second-order valence-electron chi connectivity index (χ2n) is 6.64. The van der Waals surface area contributed by atoms with Crippen molar-refractivity contribution in [2.45, 2.75) is 26.4 Å². The molecule has 144 valence electrons. The number of hydrogen-bond donors (Lipinski definition) is 1. The summed E-state index contributed by atoms with van der Waals surface area (Å²) in [6.07, 6.45) is 0. The highest BCUT2D eigenvalue weighted by atomic mass is 16.5. The Balaban J connectivity index is 1.80. The van der Waals surface area contributed by atoms with E-state index in [4.69, 9.17) is 4.74 Å². The van der Waals surface area contributed by atoms with Gasteiger partial charge in [0.1, 0.15) is 11.4 Å². The molecule has 0 spiro atoms. The maximum absolute atomic E-state index is 12.7. The van der Waals surface area contributed by atoms with E-state index in [1.54, 1.807) is 7.11 Å². The van der Waals surface area contributed by atoms with Crippen LogP contribution < -0.4 is 15.6 Å². The smallest absolute Gasteiger partial charge is 0.272 e. The van der Waals surface area contributed by atoms with Crippen LogP contribution in [0.1, 0.15) is 40.1 Å². The number of ether oxygens (including phenoxy) is 1. The zero-order chi connectivity index (χ0) is 20.1. The number of carbonyl (C=O) groups is 1. The van der Waals surface area contributed by atoms with E-state index in [1.807, 2.05) is 62.4 Å². The summed E-state index contributed by atoms with van der Waals surface area (Å²) in [5.74, 6) is 0.360. The number of aryl methyl sites for hydroxylation is 1. The van der Waals surface area contributed by atoms with Crippen molar-refractivity contribution in [3.63, 3.8) is 0 Å². The maximum Gasteiger partial charge on any atom is 0.272 e. The van der Waals surface area contributed by atoms with Gasteiger partial charge in [-0.15, -0.1) is 0 Å². The van der Waals surface area contributed by atoms with Crippen molar-refractivity contribution in [1.82, 2.24) is 15.1 Å². The highest BCUT2D eigenvalue weighted by molar-refractivity contribution is 5.92. The summed E-state index contributed by atoms with van der Waals surface area (Å²) in [7, 11) is 1.60. The summed E-state index contributed by atoms with van der Waals surface area (Å²) in [5.41, 5.74) is 2.83. The number of carbonyl (C=O) groups excluding carboxylic acids is 1. The van der Waals surface area contributed by atoms with Crippen molar-refractivity contribution in [3.05, 3.63) is 93.4 Å². The second kappa shape index (κ2) is 8.52. The standard InChI is InChI=1S/C22H23N3O3/c1-15-9-11-20(28-3)18(13-15)16(2)23-22(27)19-10-12-21(26)25(24-19)14-17-7-5-4-6-8-17/h4-13,16H,14H2,1-3H3,(H,23,27)/t16-/m0/s1. The Bertz CT molecular complexity index is 1030. The summed E-state index contributed by atoms with van der Waals surface area (Å²) in [5, 5.41) is 7.16. The summed E-state index contributed by atoms with van der Waals surface area (Å²) in [6.45, 7) is 4.18. The van der Waals surface area contributed by atoms with Crippen LogP contribution in [-0.4, -0.2) is 22.8 Å². The monoisotopic (exact) mass is 377 g/mol.